The zero-order valence-electron chi connectivity index (χ0n) is 8.62. The van der Waals surface area contributed by atoms with E-state index in [0.29, 0.717) is 6.54 Å². The number of aliphatic hydroxyl groups excluding tert-OH is 2. The molecule has 0 spiro atoms. The molecule has 0 amide bonds. The molecule has 4 heteroatoms. The Morgan fingerprint density at radius 1 is 1.23 bits per heavy atom. The Morgan fingerprint density at radius 3 is 2.00 bits per heavy atom. The van der Waals surface area contributed by atoms with Gasteiger partial charge in [0.15, 0.2) is 0 Å². The van der Waals surface area contributed by atoms with Crippen LogP contribution in [-0.4, -0.2) is 46.7 Å². The summed E-state index contributed by atoms with van der Waals surface area (Å²) in [5.41, 5.74) is -0.803. The second-order valence-electron chi connectivity index (χ2n) is 3.95. The quantitative estimate of drug-likeness (QED) is 0.449. The van der Waals surface area contributed by atoms with Crippen LogP contribution in [-0.2, 0) is 0 Å². The minimum Gasteiger partial charge on any atom is -0.395 e. The van der Waals surface area contributed by atoms with Crippen molar-refractivity contribution in [2.24, 2.45) is 5.92 Å². The van der Waals surface area contributed by atoms with E-state index in [0.717, 1.165) is 0 Å². The molecule has 1 atom stereocenters. The lowest BCUT2D eigenvalue weighted by atomic mass is 9.92. The highest BCUT2D eigenvalue weighted by Crippen LogP contribution is 2.14. The summed E-state index contributed by atoms with van der Waals surface area (Å²) in [5, 5.41) is 30.2. The van der Waals surface area contributed by atoms with Gasteiger partial charge in [-0.2, -0.15) is 0 Å². The Labute approximate surface area is 79.6 Å². The minimum absolute atomic E-state index is 0.120. The van der Waals surface area contributed by atoms with Crippen LogP contribution in [0.25, 0.3) is 0 Å². The van der Waals surface area contributed by atoms with Gasteiger partial charge in [-0.3, -0.25) is 0 Å². The van der Waals surface area contributed by atoms with E-state index in [4.69, 9.17) is 10.2 Å². The molecule has 0 radical (unpaired) electrons. The van der Waals surface area contributed by atoms with Gasteiger partial charge in [-0.1, -0.05) is 13.8 Å². The molecule has 4 nitrogen and oxygen atoms in total. The maximum atomic E-state index is 9.81. The van der Waals surface area contributed by atoms with Crippen molar-refractivity contribution in [1.82, 2.24) is 5.32 Å². The van der Waals surface area contributed by atoms with E-state index in [1.54, 1.807) is 6.92 Å². The van der Waals surface area contributed by atoms with Gasteiger partial charge in [-0.15, -0.1) is 0 Å². The third-order valence-corrected chi connectivity index (χ3v) is 2.43. The standard InChI is InChI=1S/C9H21NO3/c1-7(2)9(3,13)6-10-8(4-11)5-12/h7-8,10-13H,4-6H2,1-3H3. The fourth-order valence-corrected chi connectivity index (χ4v) is 0.742. The van der Waals surface area contributed by atoms with Gasteiger partial charge in [-0.05, 0) is 12.8 Å². The summed E-state index contributed by atoms with van der Waals surface area (Å²) in [5.74, 6) is 0.137. The minimum atomic E-state index is -0.803. The summed E-state index contributed by atoms with van der Waals surface area (Å²) in [6, 6.07) is -0.342. The van der Waals surface area contributed by atoms with Crippen molar-refractivity contribution in [1.29, 1.82) is 0 Å². The average Bonchev–Trinajstić information content (AvgIpc) is 2.06. The van der Waals surface area contributed by atoms with Gasteiger partial charge in [-0.25, -0.2) is 0 Å². The normalized spacial score (nSPS) is 16.6. The van der Waals surface area contributed by atoms with Crippen molar-refractivity contribution in [3.63, 3.8) is 0 Å². The van der Waals surface area contributed by atoms with Gasteiger partial charge in [0.2, 0.25) is 0 Å². The Bertz CT molecular complexity index is 133. The smallest absolute Gasteiger partial charge is 0.0766 e. The van der Waals surface area contributed by atoms with Crippen molar-refractivity contribution >= 4 is 0 Å². The molecule has 0 aromatic rings. The first-order valence-electron chi connectivity index (χ1n) is 4.61. The Balaban J connectivity index is 3.85. The molecule has 0 saturated carbocycles. The summed E-state index contributed by atoms with van der Waals surface area (Å²) in [7, 11) is 0. The summed E-state index contributed by atoms with van der Waals surface area (Å²) in [6.07, 6.45) is 0. The van der Waals surface area contributed by atoms with Gasteiger partial charge in [0.25, 0.3) is 0 Å². The predicted octanol–water partition coefficient (Wildman–Crippen LogP) is -0.664. The highest BCUT2D eigenvalue weighted by molar-refractivity contribution is 4.80. The van der Waals surface area contributed by atoms with Gasteiger partial charge >= 0.3 is 0 Å². The predicted molar refractivity (Wildman–Crippen MR) is 51.4 cm³/mol. The van der Waals surface area contributed by atoms with Crippen molar-refractivity contribution in [2.45, 2.75) is 32.4 Å². The Morgan fingerprint density at radius 2 is 1.69 bits per heavy atom. The van der Waals surface area contributed by atoms with Crippen LogP contribution in [0.15, 0.2) is 0 Å². The van der Waals surface area contributed by atoms with E-state index in [2.05, 4.69) is 5.32 Å². The van der Waals surface area contributed by atoms with Crippen molar-refractivity contribution in [2.75, 3.05) is 19.8 Å². The molecule has 0 rings (SSSR count). The third-order valence-electron chi connectivity index (χ3n) is 2.43. The van der Waals surface area contributed by atoms with Gasteiger partial charge in [0, 0.05) is 6.54 Å². The molecule has 0 bridgehead atoms. The van der Waals surface area contributed by atoms with Crippen molar-refractivity contribution < 1.29 is 15.3 Å². The third kappa shape index (κ3) is 4.57. The van der Waals surface area contributed by atoms with Gasteiger partial charge in [0.05, 0.1) is 24.9 Å². The monoisotopic (exact) mass is 191 g/mol. The van der Waals surface area contributed by atoms with Crippen molar-refractivity contribution in [3.8, 4) is 0 Å². The summed E-state index contributed by atoms with van der Waals surface area (Å²) < 4.78 is 0. The molecule has 4 N–H and O–H groups in total. The molecule has 80 valence electrons. The Kier molecular flexibility index (Phi) is 5.48. The lowest BCUT2D eigenvalue weighted by molar-refractivity contribution is 0.00770. The number of rotatable bonds is 6. The summed E-state index contributed by atoms with van der Waals surface area (Å²) in [6.45, 7) is 5.71. The average molecular weight is 191 g/mol. The molecule has 0 aliphatic heterocycles. The molecular weight excluding hydrogens is 170 g/mol. The molecule has 13 heavy (non-hydrogen) atoms. The van der Waals surface area contributed by atoms with Crippen LogP contribution in [0, 0.1) is 5.92 Å². The first-order valence-corrected chi connectivity index (χ1v) is 4.61. The number of nitrogens with one attached hydrogen (secondary N) is 1. The van der Waals surface area contributed by atoms with E-state index < -0.39 is 5.60 Å². The lowest BCUT2D eigenvalue weighted by Gasteiger charge is -2.29. The zero-order chi connectivity index (χ0) is 10.5. The van der Waals surface area contributed by atoms with Crippen LogP contribution in [0.2, 0.25) is 0 Å². The SMILES string of the molecule is CC(C)C(C)(O)CNC(CO)CO. The molecular formula is C9H21NO3. The first-order chi connectivity index (χ1) is 5.94. The van der Waals surface area contributed by atoms with Gasteiger partial charge in [0.1, 0.15) is 0 Å². The Hall–Kier alpha value is -0.160. The summed E-state index contributed by atoms with van der Waals surface area (Å²) in [4.78, 5) is 0. The largest absolute Gasteiger partial charge is 0.395 e. The zero-order valence-corrected chi connectivity index (χ0v) is 8.62. The first kappa shape index (κ1) is 12.8. The van der Waals surface area contributed by atoms with E-state index in [1.165, 1.54) is 0 Å². The topological polar surface area (TPSA) is 72.7 Å². The van der Waals surface area contributed by atoms with Crippen LogP contribution in [0.1, 0.15) is 20.8 Å². The van der Waals surface area contributed by atoms with Crippen LogP contribution < -0.4 is 5.32 Å². The number of hydrogen-bond acceptors (Lipinski definition) is 4. The second-order valence-corrected chi connectivity index (χ2v) is 3.95. The summed E-state index contributed by atoms with van der Waals surface area (Å²) >= 11 is 0. The molecule has 0 aromatic carbocycles. The second kappa shape index (κ2) is 5.54. The molecule has 0 aliphatic rings. The molecule has 0 aromatic heterocycles. The number of hydrogen-bond donors (Lipinski definition) is 4. The fraction of sp³-hybridized carbons (Fsp3) is 1.00. The number of aliphatic hydroxyl groups is 3. The van der Waals surface area contributed by atoms with Crippen LogP contribution in [0.3, 0.4) is 0 Å². The highest BCUT2D eigenvalue weighted by atomic mass is 16.3. The van der Waals surface area contributed by atoms with Crippen LogP contribution in [0.4, 0.5) is 0 Å². The van der Waals surface area contributed by atoms with E-state index in [1.807, 2.05) is 13.8 Å². The maximum absolute atomic E-state index is 9.81. The van der Waals surface area contributed by atoms with E-state index in [-0.39, 0.29) is 25.2 Å². The lowest BCUT2D eigenvalue weighted by Crippen LogP contribution is -2.48. The molecule has 1 unspecified atom stereocenters. The molecule has 0 heterocycles. The maximum Gasteiger partial charge on any atom is 0.0766 e. The van der Waals surface area contributed by atoms with Crippen LogP contribution in [0.5, 0.6) is 0 Å². The van der Waals surface area contributed by atoms with Gasteiger partial charge < -0.3 is 20.6 Å². The van der Waals surface area contributed by atoms with Crippen LogP contribution >= 0.6 is 0 Å². The fourth-order valence-electron chi connectivity index (χ4n) is 0.742. The highest BCUT2D eigenvalue weighted by Gasteiger charge is 2.25. The van der Waals surface area contributed by atoms with E-state index in [9.17, 15) is 5.11 Å². The molecule has 0 aliphatic carbocycles. The van der Waals surface area contributed by atoms with Crippen molar-refractivity contribution in [3.05, 3.63) is 0 Å². The molecule has 0 fully saturated rings. The molecule has 0 saturated heterocycles. The van der Waals surface area contributed by atoms with E-state index >= 15 is 0 Å².